The van der Waals surface area contributed by atoms with Crippen LogP contribution in [0.25, 0.3) is 0 Å². The first-order chi connectivity index (χ1) is 5.79. The summed E-state index contributed by atoms with van der Waals surface area (Å²) in [6.45, 7) is 1.50. The fourth-order valence-corrected chi connectivity index (χ4v) is 0.886. The van der Waals surface area contributed by atoms with Crippen LogP contribution in [0.1, 0.15) is 13.3 Å². The van der Waals surface area contributed by atoms with Crippen molar-refractivity contribution in [1.82, 2.24) is 0 Å². The van der Waals surface area contributed by atoms with E-state index in [4.69, 9.17) is 39.9 Å². The summed E-state index contributed by atoms with van der Waals surface area (Å²) >= 11 is 15.8. The fourth-order valence-electron chi connectivity index (χ4n) is 0.472. The van der Waals surface area contributed by atoms with Gasteiger partial charge < -0.3 is 9.84 Å². The van der Waals surface area contributed by atoms with Crippen molar-refractivity contribution in [1.29, 1.82) is 0 Å². The molecule has 0 heterocycles. The van der Waals surface area contributed by atoms with Gasteiger partial charge in [0, 0.05) is 6.42 Å². The first-order valence-corrected chi connectivity index (χ1v) is 4.41. The third-order valence-electron chi connectivity index (χ3n) is 1.06. The van der Waals surface area contributed by atoms with Crippen molar-refractivity contribution in [3.8, 4) is 0 Å². The molecule has 0 fully saturated rings. The quantitative estimate of drug-likeness (QED) is 0.611. The Labute approximate surface area is 89.7 Å². The summed E-state index contributed by atoms with van der Waals surface area (Å²) in [4.78, 5) is 21.2. The Hall–Kier alpha value is -0.190. The minimum absolute atomic E-state index is 0.0184. The molecule has 0 saturated heterocycles. The standard InChI is InChI=1S/C6H7Cl3O4/c1-2-3(10)13-4(5(11)12)6(7,8)9/h4H,2H2,1H3,(H,11,12). The second kappa shape index (κ2) is 4.88. The smallest absolute Gasteiger partial charge is 0.349 e. The molecular weight excluding hydrogens is 242 g/mol. The molecule has 0 amide bonds. The van der Waals surface area contributed by atoms with Gasteiger partial charge in [0.1, 0.15) is 0 Å². The van der Waals surface area contributed by atoms with Crippen molar-refractivity contribution in [2.45, 2.75) is 23.2 Å². The molecule has 0 aliphatic heterocycles. The lowest BCUT2D eigenvalue weighted by Crippen LogP contribution is -2.38. The number of hydrogen-bond donors (Lipinski definition) is 1. The summed E-state index contributed by atoms with van der Waals surface area (Å²) < 4.78 is 2.24. The lowest BCUT2D eigenvalue weighted by molar-refractivity contribution is -0.163. The number of halogens is 3. The highest BCUT2D eigenvalue weighted by Gasteiger charge is 2.41. The number of carbonyl (C=O) groups excluding carboxylic acids is 1. The minimum atomic E-state index is -2.16. The predicted octanol–water partition coefficient (Wildman–Crippen LogP) is 1.76. The summed E-state index contributed by atoms with van der Waals surface area (Å²) in [6.07, 6.45) is -1.75. The number of ether oxygens (including phenoxy) is 1. The second-order valence-electron chi connectivity index (χ2n) is 2.10. The monoisotopic (exact) mass is 248 g/mol. The molecule has 0 aliphatic rings. The Morgan fingerprint density at radius 2 is 1.92 bits per heavy atom. The molecule has 1 atom stereocenters. The molecule has 0 bridgehead atoms. The Morgan fingerprint density at radius 3 is 2.15 bits per heavy atom. The molecule has 0 rings (SSSR count). The number of rotatable bonds is 3. The topological polar surface area (TPSA) is 63.6 Å². The first kappa shape index (κ1) is 12.8. The summed E-state index contributed by atoms with van der Waals surface area (Å²) in [5, 5.41) is 8.52. The maximum Gasteiger partial charge on any atom is 0.349 e. The van der Waals surface area contributed by atoms with Gasteiger partial charge in [-0.25, -0.2) is 4.79 Å². The van der Waals surface area contributed by atoms with Gasteiger partial charge in [-0.3, -0.25) is 4.79 Å². The summed E-state index contributed by atoms with van der Waals surface area (Å²) in [7, 11) is 0. The van der Waals surface area contributed by atoms with Gasteiger partial charge in [0.2, 0.25) is 9.90 Å². The van der Waals surface area contributed by atoms with Crippen molar-refractivity contribution in [2.75, 3.05) is 0 Å². The number of carboxylic acids is 1. The van der Waals surface area contributed by atoms with Gasteiger partial charge in [0.15, 0.2) is 0 Å². The van der Waals surface area contributed by atoms with Gasteiger partial charge in [0.05, 0.1) is 0 Å². The molecule has 13 heavy (non-hydrogen) atoms. The third-order valence-corrected chi connectivity index (χ3v) is 1.65. The van der Waals surface area contributed by atoms with Crippen LogP contribution in [0.5, 0.6) is 0 Å². The first-order valence-electron chi connectivity index (χ1n) is 3.28. The van der Waals surface area contributed by atoms with Crippen LogP contribution in [0.15, 0.2) is 0 Å². The van der Waals surface area contributed by atoms with E-state index < -0.39 is 21.8 Å². The van der Waals surface area contributed by atoms with E-state index in [1.807, 2.05) is 0 Å². The van der Waals surface area contributed by atoms with Crippen LogP contribution in [-0.4, -0.2) is 26.9 Å². The molecule has 7 heteroatoms. The Balaban J connectivity index is 4.46. The van der Waals surface area contributed by atoms with Gasteiger partial charge in [-0.05, 0) is 0 Å². The zero-order valence-corrected chi connectivity index (χ0v) is 8.86. The van der Waals surface area contributed by atoms with Crippen molar-refractivity contribution in [3.05, 3.63) is 0 Å². The molecule has 0 spiro atoms. The number of hydrogen-bond acceptors (Lipinski definition) is 3. The van der Waals surface area contributed by atoms with Crippen molar-refractivity contribution in [3.63, 3.8) is 0 Å². The van der Waals surface area contributed by atoms with E-state index in [1.165, 1.54) is 6.92 Å². The lowest BCUT2D eigenvalue weighted by Gasteiger charge is -2.19. The largest absolute Gasteiger partial charge is 0.478 e. The molecule has 76 valence electrons. The zero-order valence-electron chi connectivity index (χ0n) is 6.59. The van der Waals surface area contributed by atoms with Gasteiger partial charge in [-0.1, -0.05) is 41.7 Å². The number of esters is 1. The van der Waals surface area contributed by atoms with E-state index in [1.54, 1.807) is 0 Å². The van der Waals surface area contributed by atoms with Crippen molar-refractivity contribution in [2.24, 2.45) is 0 Å². The molecule has 0 radical (unpaired) electrons. The van der Waals surface area contributed by atoms with Crippen molar-refractivity contribution < 1.29 is 19.4 Å². The number of aliphatic carboxylic acids is 1. The second-order valence-corrected chi connectivity index (χ2v) is 4.47. The van der Waals surface area contributed by atoms with Crippen LogP contribution in [0, 0.1) is 0 Å². The maximum absolute atomic E-state index is 10.7. The highest BCUT2D eigenvalue weighted by atomic mass is 35.6. The summed E-state index contributed by atoms with van der Waals surface area (Å²) in [6, 6.07) is 0. The SMILES string of the molecule is CCC(=O)OC(C(=O)O)C(Cl)(Cl)Cl. The molecule has 0 aromatic carbocycles. The molecule has 0 saturated carbocycles. The highest BCUT2D eigenvalue weighted by molar-refractivity contribution is 6.68. The van der Waals surface area contributed by atoms with Crippen LogP contribution in [0.3, 0.4) is 0 Å². The third kappa shape index (κ3) is 4.55. The van der Waals surface area contributed by atoms with Gasteiger partial charge in [0.25, 0.3) is 0 Å². The van der Waals surface area contributed by atoms with E-state index in [2.05, 4.69) is 4.74 Å². The maximum atomic E-state index is 10.7. The molecule has 4 nitrogen and oxygen atoms in total. The van der Waals surface area contributed by atoms with E-state index >= 15 is 0 Å². The molecular formula is C6H7Cl3O4. The highest BCUT2D eigenvalue weighted by Crippen LogP contribution is 2.32. The Morgan fingerprint density at radius 1 is 1.46 bits per heavy atom. The fraction of sp³-hybridized carbons (Fsp3) is 0.667. The predicted molar refractivity (Wildman–Crippen MR) is 48.1 cm³/mol. The number of carboxylic acid groups (broad SMARTS) is 1. The minimum Gasteiger partial charge on any atom is -0.478 e. The summed E-state index contributed by atoms with van der Waals surface area (Å²) in [5.74, 6) is -2.24. The molecule has 0 aliphatic carbocycles. The number of carbonyl (C=O) groups is 2. The van der Waals surface area contributed by atoms with Crippen LogP contribution in [0.2, 0.25) is 0 Å². The van der Waals surface area contributed by atoms with Gasteiger partial charge in [-0.15, -0.1) is 0 Å². The van der Waals surface area contributed by atoms with E-state index in [-0.39, 0.29) is 6.42 Å². The van der Waals surface area contributed by atoms with Crippen LogP contribution >= 0.6 is 34.8 Å². The average Bonchev–Trinajstić information content (AvgIpc) is 1.96. The van der Waals surface area contributed by atoms with E-state index in [9.17, 15) is 9.59 Å². The van der Waals surface area contributed by atoms with E-state index in [0.717, 1.165) is 0 Å². The average molecular weight is 249 g/mol. The zero-order chi connectivity index (χ0) is 10.6. The molecule has 1 unspecified atom stereocenters. The number of alkyl halides is 3. The molecule has 0 aromatic rings. The molecule has 0 aromatic heterocycles. The Kier molecular flexibility index (Phi) is 4.81. The van der Waals surface area contributed by atoms with Crippen molar-refractivity contribution >= 4 is 46.7 Å². The van der Waals surface area contributed by atoms with Crippen LogP contribution < -0.4 is 0 Å². The lowest BCUT2D eigenvalue weighted by atomic mass is 10.4. The normalized spacial score (nSPS) is 13.5. The van der Waals surface area contributed by atoms with Crippen LogP contribution in [0.4, 0.5) is 0 Å². The van der Waals surface area contributed by atoms with E-state index in [0.29, 0.717) is 0 Å². The van der Waals surface area contributed by atoms with Gasteiger partial charge >= 0.3 is 11.9 Å². The Bertz CT molecular complexity index is 210. The van der Waals surface area contributed by atoms with Gasteiger partial charge in [-0.2, -0.15) is 0 Å². The van der Waals surface area contributed by atoms with Crippen LogP contribution in [-0.2, 0) is 14.3 Å². The summed E-state index contributed by atoms with van der Waals surface area (Å²) in [5.41, 5.74) is 0. The molecule has 1 N–H and O–H groups in total.